The van der Waals surface area contributed by atoms with Crippen molar-refractivity contribution in [2.24, 2.45) is 0 Å². The fourth-order valence-electron chi connectivity index (χ4n) is 1.94. The highest BCUT2D eigenvalue weighted by atomic mass is 16.5. The molecule has 1 aromatic heterocycles. The molecule has 84 valence electrons. The summed E-state index contributed by atoms with van der Waals surface area (Å²) in [4.78, 5) is 4.33. The molecule has 0 unspecified atom stereocenters. The van der Waals surface area contributed by atoms with E-state index in [2.05, 4.69) is 29.3 Å². The largest absolute Gasteiger partial charge is 0.338 e. The maximum absolute atomic E-state index is 5.16. The van der Waals surface area contributed by atoms with Gasteiger partial charge in [0.25, 0.3) is 0 Å². The van der Waals surface area contributed by atoms with E-state index in [9.17, 15) is 0 Å². The third kappa shape index (κ3) is 2.78. The lowest BCUT2D eigenvalue weighted by atomic mass is 10.2. The lowest BCUT2D eigenvalue weighted by molar-refractivity contribution is 0.352. The van der Waals surface area contributed by atoms with Crippen molar-refractivity contribution in [3.8, 4) is 0 Å². The van der Waals surface area contributed by atoms with Gasteiger partial charge in [-0.2, -0.15) is 4.98 Å². The summed E-state index contributed by atoms with van der Waals surface area (Å²) in [7, 11) is 0. The molecule has 4 nitrogen and oxygen atoms in total. The molecule has 1 heterocycles. The Morgan fingerprint density at radius 2 is 2.13 bits per heavy atom. The van der Waals surface area contributed by atoms with Gasteiger partial charge in [-0.3, -0.25) is 0 Å². The van der Waals surface area contributed by atoms with Crippen LogP contribution in [0, 0.1) is 0 Å². The van der Waals surface area contributed by atoms with Crippen LogP contribution in [-0.2, 0) is 6.54 Å². The van der Waals surface area contributed by atoms with Crippen LogP contribution in [-0.4, -0.2) is 16.2 Å². The van der Waals surface area contributed by atoms with Crippen LogP contribution in [0.1, 0.15) is 57.2 Å². The monoisotopic (exact) mass is 209 g/mol. The molecule has 0 aliphatic heterocycles. The summed E-state index contributed by atoms with van der Waals surface area (Å²) in [5.41, 5.74) is 0. The molecule has 1 aromatic rings. The van der Waals surface area contributed by atoms with Crippen molar-refractivity contribution in [2.75, 3.05) is 0 Å². The Hall–Kier alpha value is -0.900. The number of aromatic nitrogens is 2. The number of nitrogens with one attached hydrogen (secondary N) is 1. The number of rotatable bonds is 4. The predicted molar refractivity (Wildman–Crippen MR) is 57.5 cm³/mol. The molecule has 0 spiro atoms. The minimum atomic E-state index is 0.342. The van der Waals surface area contributed by atoms with E-state index in [-0.39, 0.29) is 0 Å². The van der Waals surface area contributed by atoms with Crippen LogP contribution >= 0.6 is 0 Å². The summed E-state index contributed by atoms with van der Waals surface area (Å²) in [5, 5.41) is 7.39. The molecule has 0 radical (unpaired) electrons. The Balaban J connectivity index is 1.82. The van der Waals surface area contributed by atoms with Gasteiger partial charge in [-0.15, -0.1) is 0 Å². The van der Waals surface area contributed by atoms with E-state index in [4.69, 9.17) is 4.52 Å². The first-order valence-electron chi connectivity index (χ1n) is 5.81. The van der Waals surface area contributed by atoms with Gasteiger partial charge in [0.2, 0.25) is 5.89 Å². The second-order valence-corrected chi connectivity index (χ2v) is 4.56. The van der Waals surface area contributed by atoms with Gasteiger partial charge in [0.05, 0.1) is 6.54 Å². The minimum Gasteiger partial charge on any atom is -0.338 e. The molecule has 4 heteroatoms. The quantitative estimate of drug-likeness (QED) is 0.826. The topological polar surface area (TPSA) is 51.0 Å². The van der Waals surface area contributed by atoms with Gasteiger partial charge in [-0.1, -0.05) is 31.8 Å². The number of hydrogen-bond donors (Lipinski definition) is 1. The lowest BCUT2D eigenvalue weighted by Gasteiger charge is -2.08. The zero-order valence-electron chi connectivity index (χ0n) is 9.49. The van der Waals surface area contributed by atoms with Crippen LogP contribution in [0.25, 0.3) is 0 Å². The van der Waals surface area contributed by atoms with Crippen molar-refractivity contribution in [1.29, 1.82) is 0 Å². The molecular weight excluding hydrogens is 190 g/mol. The molecule has 0 saturated heterocycles. The van der Waals surface area contributed by atoms with Gasteiger partial charge in [0.1, 0.15) is 0 Å². The highest BCUT2D eigenvalue weighted by Crippen LogP contribution is 2.18. The van der Waals surface area contributed by atoms with E-state index in [1.54, 1.807) is 0 Å². The third-order valence-corrected chi connectivity index (χ3v) is 2.90. The van der Waals surface area contributed by atoms with Crippen molar-refractivity contribution in [1.82, 2.24) is 15.5 Å². The molecule has 1 aliphatic carbocycles. The summed E-state index contributed by atoms with van der Waals surface area (Å²) < 4.78 is 5.16. The molecule has 2 rings (SSSR count). The van der Waals surface area contributed by atoms with Crippen LogP contribution in [0.2, 0.25) is 0 Å². The van der Waals surface area contributed by atoms with Gasteiger partial charge >= 0.3 is 0 Å². The van der Waals surface area contributed by atoms with Gasteiger partial charge in [0, 0.05) is 12.0 Å². The first-order valence-corrected chi connectivity index (χ1v) is 5.81. The molecule has 1 saturated carbocycles. The summed E-state index contributed by atoms with van der Waals surface area (Å²) in [6, 6.07) is 0.652. The van der Waals surface area contributed by atoms with Crippen LogP contribution in [0.15, 0.2) is 4.52 Å². The first-order chi connectivity index (χ1) is 7.25. The van der Waals surface area contributed by atoms with E-state index in [1.165, 1.54) is 25.7 Å². The second-order valence-electron chi connectivity index (χ2n) is 4.56. The molecule has 1 aliphatic rings. The Kier molecular flexibility index (Phi) is 3.36. The highest BCUT2D eigenvalue weighted by molar-refractivity contribution is 4.91. The molecule has 0 bridgehead atoms. The van der Waals surface area contributed by atoms with E-state index in [0.717, 1.165) is 5.82 Å². The van der Waals surface area contributed by atoms with Crippen molar-refractivity contribution in [2.45, 2.75) is 58.0 Å². The van der Waals surface area contributed by atoms with Crippen molar-refractivity contribution in [3.63, 3.8) is 0 Å². The zero-order valence-corrected chi connectivity index (χ0v) is 9.49. The van der Waals surface area contributed by atoms with E-state index < -0.39 is 0 Å². The maximum atomic E-state index is 5.16. The summed E-state index contributed by atoms with van der Waals surface area (Å²) in [6.07, 6.45) is 5.26. The Morgan fingerprint density at radius 1 is 1.40 bits per heavy atom. The Bertz CT molecular complexity index is 303. The van der Waals surface area contributed by atoms with Gasteiger partial charge < -0.3 is 9.84 Å². The maximum Gasteiger partial charge on any atom is 0.240 e. The normalized spacial score (nSPS) is 17.8. The summed E-state index contributed by atoms with van der Waals surface area (Å²) >= 11 is 0. The van der Waals surface area contributed by atoms with Crippen LogP contribution in [0.3, 0.4) is 0 Å². The zero-order chi connectivity index (χ0) is 10.7. The van der Waals surface area contributed by atoms with Gasteiger partial charge in [-0.05, 0) is 12.8 Å². The average Bonchev–Trinajstić information content (AvgIpc) is 2.86. The number of hydrogen-bond acceptors (Lipinski definition) is 4. The third-order valence-electron chi connectivity index (χ3n) is 2.90. The minimum absolute atomic E-state index is 0.342. The van der Waals surface area contributed by atoms with Gasteiger partial charge in [-0.25, -0.2) is 0 Å². The summed E-state index contributed by atoms with van der Waals surface area (Å²) in [6.45, 7) is 4.85. The second kappa shape index (κ2) is 4.75. The number of nitrogens with zero attached hydrogens (tertiary/aromatic N) is 2. The van der Waals surface area contributed by atoms with Crippen LogP contribution in [0.5, 0.6) is 0 Å². The van der Waals surface area contributed by atoms with E-state index in [0.29, 0.717) is 24.4 Å². The van der Waals surface area contributed by atoms with Crippen LogP contribution < -0.4 is 5.32 Å². The Labute approximate surface area is 90.4 Å². The molecular formula is C11H19N3O. The van der Waals surface area contributed by atoms with E-state index >= 15 is 0 Å². The predicted octanol–water partition coefficient (Wildman–Crippen LogP) is 2.23. The molecule has 0 aromatic carbocycles. The summed E-state index contributed by atoms with van der Waals surface area (Å²) in [5.74, 6) is 1.86. The fraction of sp³-hybridized carbons (Fsp3) is 0.818. The standard InChI is InChI=1S/C11H19N3O/c1-8(2)11-13-10(15-14-11)7-12-9-5-3-4-6-9/h8-9,12H,3-7H2,1-2H3. The fourth-order valence-corrected chi connectivity index (χ4v) is 1.94. The molecule has 1 N–H and O–H groups in total. The molecule has 0 atom stereocenters. The molecule has 1 fully saturated rings. The smallest absolute Gasteiger partial charge is 0.240 e. The average molecular weight is 209 g/mol. The first kappa shape index (κ1) is 10.6. The van der Waals surface area contributed by atoms with Crippen molar-refractivity contribution in [3.05, 3.63) is 11.7 Å². The Morgan fingerprint density at radius 3 is 2.73 bits per heavy atom. The molecule has 0 amide bonds. The SMILES string of the molecule is CC(C)c1noc(CNC2CCCC2)n1. The van der Waals surface area contributed by atoms with Crippen molar-refractivity contribution < 1.29 is 4.52 Å². The molecule has 15 heavy (non-hydrogen) atoms. The lowest BCUT2D eigenvalue weighted by Crippen LogP contribution is -2.25. The van der Waals surface area contributed by atoms with Crippen molar-refractivity contribution >= 4 is 0 Å². The van der Waals surface area contributed by atoms with E-state index in [1.807, 2.05) is 0 Å². The van der Waals surface area contributed by atoms with Gasteiger partial charge in [0.15, 0.2) is 5.82 Å². The van der Waals surface area contributed by atoms with Crippen LogP contribution in [0.4, 0.5) is 0 Å². The highest BCUT2D eigenvalue weighted by Gasteiger charge is 2.15.